The number of carbonyl (C=O) groups excluding carboxylic acids is 1. The smallest absolute Gasteiger partial charge is 0.251 e. The molecular weight excluding hydrogens is 265 g/mol. The molecule has 0 fully saturated rings. The van der Waals surface area contributed by atoms with E-state index in [2.05, 4.69) is 12.2 Å². The molecule has 2 nitrogen and oxygen atoms in total. The number of unbranched alkanes of at least 4 members (excludes halogenated alkanes) is 7. The predicted molar refractivity (Wildman–Crippen MR) is 86.1 cm³/mol. The third kappa shape index (κ3) is 7.26. The number of nitrogens with one attached hydrogen (secondary N) is 1. The summed E-state index contributed by atoms with van der Waals surface area (Å²) in [7, 11) is 0. The third-order valence-electron chi connectivity index (χ3n) is 3.75. The maximum atomic E-state index is 13.0. The van der Waals surface area contributed by atoms with E-state index in [1.54, 1.807) is 13.0 Å². The molecule has 0 atom stereocenters. The van der Waals surface area contributed by atoms with Crippen LogP contribution >= 0.6 is 0 Å². The van der Waals surface area contributed by atoms with Crippen LogP contribution in [0.3, 0.4) is 0 Å². The SMILES string of the molecule is CCCCCCCCCCNC(=O)c1ccc(F)cc1C. The molecule has 0 saturated heterocycles. The van der Waals surface area contributed by atoms with Gasteiger partial charge in [-0.3, -0.25) is 4.79 Å². The van der Waals surface area contributed by atoms with Crippen molar-refractivity contribution < 1.29 is 9.18 Å². The van der Waals surface area contributed by atoms with Gasteiger partial charge >= 0.3 is 0 Å². The van der Waals surface area contributed by atoms with Crippen LogP contribution in [0, 0.1) is 12.7 Å². The molecule has 1 aromatic carbocycles. The number of amides is 1. The molecule has 1 aromatic rings. The summed E-state index contributed by atoms with van der Waals surface area (Å²) in [6.45, 7) is 4.68. The van der Waals surface area contributed by atoms with Crippen LogP contribution < -0.4 is 5.32 Å². The van der Waals surface area contributed by atoms with Crippen LogP contribution in [0.2, 0.25) is 0 Å². The Morgan fingerprint density at radius 3 is 2.29 bits per heavy atom. The van der Waals surface area contributed by atoms with Gasteiger partial charge in [0.25, 0.3) is 5.91 Å². The van der Waals surface area contributed by atoms with Gasteiger partial charge in [-0.1, -0.05) is 51.9 Å². The molecule has 0 bridgehead atoms. The van der Waals surface area contributed by atoms with Gasteiger partial charge < -0.3 is 5.32 Å². The van der Waals surface area contributed by atoms with E-state index >= 15 is 0 Å². The minimum Gasteiger partial charge on any atom is -0.352 e. The summed E-state index contributed by atoms with van der Waals surface area (Å²) in [6, 6.07) is 4.27. The summed E-state index contributed by atoms with van der Waals surface area (Å²) in [5.74, 6) is -0.400. The van der Waals surface area contributed by atoms with Gasteiger partial charge in [-0.05, 0) is 37.1 Å². The van der Waals surface area contributed by atoms with E-state index in [1.165, 1.54) is 50.7 Å². The van der Waals surface area contributed by atoms with Gasteiger partial charge in [0.05, 0.1) is 0 Å². The van der Waals surface area contributed by atoms with Crippen molar-refractivity contribution in [2.24, 2.45) is 0 Å². The Labute approximate surface area is 128 Å². The molecule has 0 heterocycles. The van der Waals surface area contributed by atoms with Crippen LogP contribution in [0.5, 0.6) is 0 Å². The van der Waals surface area contributed by atoms with E-state index in [1.807, 2.05) is 0 Å². The van der Waals surface area contributed by atoms with E-state index in [-0.39, 0.29) is 11.7 Å². The molecule has 118 valence electrons. The van der Waals surface area contributed by atoms with Crippen LogP contribution in [-0.2, 0) is 0 Å². The average molecular weight is 293 g/mol. The van der Waals surface area contributed by atoms with Crippen LogP contribution in [0.1, 0.15) is 74.2 Å². The highest BCUT2D eigenvalue weighted by atomic mass is 19.1. The second kappa shape index (κ2) is 10.4. The first kappa shape index (κ1) is 17.7. The van der Waals surface area contributed by atoms with Crippen molar-refractivity contribution >= 4 is 5.91 Å². The first-order valence-electron chi connectivity index (χ1n) is 8.19. The van der Waals surface area contributed by atoms with Gasteiger partial charge in [-0.25, -0.2) is 4.39 Å². The lowest BCUT2D eigenvalue weighted by Crippen LogP contribution is -2.25. The molecule has 0 spiro atoms. The fourth-order valence-corrected chi connectivity index (χ4v) is 2.44. The molecule has 0 aromatic heterocycles. The van der Waals surface area contributed by atoms with Gasteiger partial charge in [0.2, 0.25) is 0 Å². The van der Waals surface area contributed by atoms with E-state index in [0.29, 0.717) is 17.7 Å². The maximum absolute atomic E-state index is 13.0. The summed E-state index contributed by atoms with van der Waals surface area (Å²) in [5, 5.41) is 2.91. The zero-order valence-corrected chi connectivity index (χ0v) is 13.4. The minimum atomic E-state index is -0.299. The lowest BCUT2D eigenvalue weighted by atomic mass is 10.1. The quantitative estimate of drug-likeness (QED) is 0.604. The lowest BCUT2D eigenvalue weighted by molar-refractivity contribution is 0.0952. The molecule has 21 heavy (non-hydrogen) atoms. The normalized spacial score (nSPS) is 10.6. The zero-order valence-electron chi connectivity index (χ0n) is 13.4. The maximum Gasteiger partial charge on any atom is 0.251 e. The molecule has 0 aliphatic heterocycles. The van der Waals surface area contributed by atoms with Gasteiger partial charge in [0.15, 0.2) is 0 Å². The fraction of sp³-hybridized carbons (Fsp3) is 0.611. The molecule has 0 aliphatic carbocycles. The number of carbonyl (C=O) groups is 1. The van der Waals surface area contributed by atoms with Crippen LogP contribution in [0.15, 0.2) is 18.2 Å². The molecule has 1 amide bonds. The van der Waals surface area contributed by atoms with Crippen molar-refractivity contribution in [2.45, 2.75) is 65.2 Å². The third-order valence-corrected chi connectivity index (χ3v) is 3.75. The van der Waals surface area contributed by atoms with Crippen molar-refractivity contribution in [1.29, 1.82) is 0 Å². The Bertz CT molecular complexity index is 431. The number of benzene rings is 1. The first-order valence-corrected chi connectivity index (χ1v) is 8.19. The Kier molecular flexibility index (Phi) is 8.72. The van der Waals surface area contributed by atoms with Crippen molar-refractivity contribution in [3.8, 4) is 0 Å². The number of hydrogen-bond acceptors (Lipinski definition) is 1. The molecular formula is C18H28FNO. The number of rotatable bonds is 10. The van der Waals surface area contributed by atoms with Gasteiger partial charge in [0.1, 0.15) is 5.82 Å². The topological polar surface area (TPSA) is 29.1 Å². The second-order valence-corrected chi connectivity index (χ2v) is 5.69. The van der Waals surface area contributed by atoms with E-state index in [4.69, 9.17) is 0 Å². The molecule has 0 aliphatic rings. The van der Waals surface area contributed by atoms with E-state index in [9.17, 15) is 9.18 Å². The molecule has 0 radical (unpaired) electrons. The van der Waals surface area contributed by atoms with Crippen molar-refractivity contribution in [2.75, 3.05) is 6.54 Å². The van der Waals surface area contributed by atoms with Crippen molar-refractivity contribution in [1.82, 2.24) is 5.32 Å². The fourth-order valence-electron chi connectivity index (χ4n) is 2.44. The number of halogens is 1. The largest absolute Gasteiger partial charge is 0.352 e. The van der Waals surface area contributed by atoms with Crippen molar-refractivity contribution in [3.05, 3.63) is 35.1 Å². The summed E-state index contributed by atoms with van der Waals surface area (Å²) in [4.78, 5) is 12.0. The highest BCUT2D eigenvalue weighted by molar-refractivity contribution is 5.95. The molecule has 1 N–H and O–H groups in total. The minimum absolute atomic E-state index is 0.101. The molecule has 0 unspecified atom stereocenters. The number of hydrogen-bond donors (Lipinski definition) is 1. The highest BCUT2D eigenvalue weighted by Gasteiger charge is 2.08. The lowest BCUT2D eigenvalue weighted by Gasteiger charge is -2.07. The summed E-state index contributed by atoms with van der Waals surface area (Å²) in [6.07, 6.45) is 10.0. The van der Waals surface area contributed by atoms with Crippen LogP contribution in [-0.4, -0.2) is 12.5 Å². The van der Waals surface area contributed by atoms with Crippen LogP contribution in [0.25, 0.3) is 0 Å². The molecule has 0 saturated carbocycles. The Morgan fingerprint density at radius 1 is 1.05 bits per heavy atom. The second-order valence-electron chi connectivity index (χ2n) is 5.69. The summed E-state index contributed by atoms with van der Waals surface area (Å²) in [5.41, 5.74) is 1.25. The highest BCUT2D eigenvalue weighted by Crippen LogP contribution is 2.10. The Balaban J connectivity index is 2.11. The van der Waals surface area contributed by atoms with E-state index < -0.39 is 0 Å². The van der Waals surface area contributed by atoms with Gasteiger partial charge in [0, 0.05) is 12.1 Å². The Morgan fingerprint density at radius 2 is 1.67 bits per heavy atom. The zero-order chi connectivity index (χ0) is 15.5. The van der Waals surface area contributed by atoms with Crippen molar-refractivity contribution in [3.63, 3.8) is 0 Å². The number of aryl methyl sites for hydroxylation is 1. The molecule has 3 heteroatoms. The summed E-state index contributed by atoms with van der Waals surface area (Å²) < 4.78 is 13.0. The predicted octanol–water partition coefficient (Wildman–Crippen LogP) is 5.00. The first-order chi connectivity index (χ1) is 10.1. The average Bonchev–Trinajstić information content (AvgIpc) is 2.45. The standard InChI is InChI=1S/C18H28FNO/c1-3-4-5-6-7-8-9-10-13-20-18(21)17-12-11-16(19)14-15(17)2/h11-12,14H,3-10,13H2,1-2H3,(H,20,21). The van der Waals surface area contributed by atoms with Gasteiger partial charge in [-0.2, -0.15) is 0 Å². The Hall–Kier alpha value is -1.38. The van der Waals surface area contributed by atoms with Crippen LogP contribution in [0.4, 0.5) is 4.39 Å². The summed E-state index contributed by atoms with van der Waals surface area (Å²) >= 11 is 0. The van der Waals surface area contributed by atoms with Gasteiger partial charge in [-0.15, -0.1) is 0 Å². The van der Waals surface area contributed by atoms with E-state index in [0.717, 1.165) is 12.8 Å². The molecule has 1 rings (SSSR count). The monoisotopic (exact) mass is 293 g/mol.